The predicted molar refractivity (Wildman–Crippen MR) is 108 cm³/mol. The molecular formula is C23H34O3S. The Labute approximate surface area is 167 Å². The lowest BCUT2D eigenvalue weighted by atomic mass is 9.46. The van der Waals surface area contributed by atoms with Crippen LogP contribution in [0.15, 0.2) is 11.6 Å². The quantitative estimate of drug-likeness (QED) is 0.519. The van der Waals surface area contributed by atoms with Crippen molar-refractivity contribution in [2.75, 3.05) is 6.26 Å². The molecule has 4 fully saturated rings. The molecule has 0 bridgehead atoms. The molecule has 3 nitrogen and oxygen atoms in total. The second-order valence-corrected chi connectivity index (χ2v) is 11.5. The van der Waals surface area contributed by atoms with Gasteiger partial charge >= 0.3 is 5.97 Å². The number of aliphatic hydroxyl groups excluding tert-OH is 1. The van der Waals surface area contributed by atoms with Gasteiger partial charge in [0.15, 0.2) is 0 Å². The molecule has 0 aromatic carbocycles. The number of allylic oxidation sites excluding steroid dienone is 1. The fourth-order valence-electron chi connectivity index (χ4n) is 8.19. The van der Waals surface area contributed by atoms with Crippen LogP contribution >= 0.6 is 11.8 Å². The van der Waals surface area contributed by atoms with Gasteiger partial charge in [-0.3, -0.25) is 4.79 Å². The summed E-state index contributed by atoms with van der Waals surface area (Å²) in [5.41, 5.74) is 1.77. The van der Waals surface area contributed by atoms with Crippen molar-refractivity contribution in [3.05, 3.63) is 11.6 Å². The molecule has 1 aliphatic heterocycles. The van der Waals surface area contributed by atoms with E-state index in [-0.39, 0.29) is 28.5 Å². The van der Waals surface area contributed by atoms with Crippen LogP contribution in [0.2, 0.25) is 0 Å². The van der Waals surface area contributed by atoms with Gasteiger partial charge in [0.05, 0.1) is 6.10 Å². The van der Waals surface area contributed by atoms with Crippen LogP contribution in [0.4, 0.5) is 0 Å². The minimum absolute atomic E-state index is 0.0301. The molecule has 3 saturated carbocycles. The summed E-state index contributed by atoms with van der Waals surface area (Å²) in [6, 6.07) is 0. The highest BCUT2D eigenvalue weighted by atomic mass is 32.2. The highest BCUT2D eigenvalue weighted by Gasteiger charge is 2.68. The van der Waals surface area contributed by atoms with Gasteiger partial charge in [0.2, 0.25) is 0 Å². The lowest BCUT2D eigenvalue weighted by Gasteiger charge is -2.61. The first-order valence-electron chi connectivity index (χ1n) is 11.0. The maximum Gasteiger partial charge on any atom is 0.306 e. The van der Waals surface area contributed by atoms with E-state index in [1.54, 1.807) is 0 Å². The summed E-state index contributed by atoms with van der Waals surface area (Å²) in [7, 11) is 0. The van der Waals surface area contributed by atoms with E-state index in [9.17, 15) is 9.90 Å². The van der Waals surface area contributed by atoms with Gasteiger partial charge in [-0.15, -0.1) is 0 Å². The van der Waals surface area contributed by atoms with Crippen LogP contribution < -0.4 is 0 Å². The Morgan fingerprint density at radius 1 is 1.11 bits per heavy atom. The standard InChI is InChI=1S/C23H34O3S/c1-21-8-4-15(24)12-14(21)13-18(27-3)20-16(21)5-9-22(2)17(20)6-10-23(22)11-7-19(25)26-23/h12,15-18,20,24H,4-11,13H2,1-3H3/t15-,16?,17?,18?,20?,21?,22?,23?/m0/s1. The maximum atomic E-state index is 12.0. The fourth-order valence-corrected chi connectivity index (χ4v) is 9.23. The van der Waals surface area contributed by atoms with Gasteiger partial charge in [-0.1, -0.05) is 25.5 Å². The average molecular weight is 391 g/mol. The van der Waals surface area contributed by atoms with E-state index in [0.29, 0.717) is 23.5 Å². The zero-order valence-electron chi connectivity index (χ0n) is 17.0. The molecule has 1 saturated heterocycles. The van der Waals surface area contributed by atoms with Crippen molar-refractivity contribution < 1.29 is 14.6 Å². The summed E-state index contributed by atoms with van der Waals surface area (Å²) < 4.78 is 6.09. The number of hydrogen-bond donors (Lipinski definition) is 1. The molecule has 8 atom stereocenters. The van der Waals surface area contributed by atoms with Gasteiger partial charge in [-0.25, -0.2) is 0 Å². The minimum atomic E-state index is -0.242. The van der Waals surface area contributed by atoms with Crippen molar-refractivity contribution in [1.82, 2.24) is 0 Å². The summed E-state index contributed by atoms with van der Waals surface area (Å²) in [5, 5.41) is 10.9. The molecule has 0 amide bonds. The second kappa shape index (κ2) is 6.01. The summed E-state index contributed by atoms with van der Waals surface area (Å²) in [4.78, 5) is 12.0. The third-order valence-corrected chi connectivity index (χ3v) is 10.8. The first-order valence-corrected chi connectivity index (χ1v) is 12.3. The lowest BCUT2D eigenvalue weighted by Crippen LogP contribution is -2.57. The number of fused-ring (bicyclic) bond motifs is 6. The van der Waals surface area contributed by atoms with E-state index < -0.39 is 0 Å². The highest BCUT2D eigenvalue weighted by Crippen LogP contribution is 2.70. The van der Waals surface area contributed by atoms with E-state index in [4.69, 9.17) is 4.74 Å². The summed E-state index contributed by atoms with van der Waals surface area (Å²) in [5.74, 6) is 2.13. The van der Waals surface area contributed by atoms with E-state index in [1.165, 1.54) is 24.8 Å². The average Bonchev–Trinajstić information content (AvgIpc) is 3.16. The Balaban J connectivity index is 1.54. The van der Waals surface area contributed by atoms with Crippen molar-refractivity contribution >= 4 is 17.7 Å². The smallest absolute Gasteiger partial charge is 0.306 e. The van der Waals surface area contributed by atoms with Gasteiger partial charge in [-0.2, -0.15) is 11.8 Å². The Morgan fingerprint density at radius 3 is 2.59 bits per heavy atom. The number of carbonyl (C=O) groups excluding carboxylic acids is 1. The third-order valence-electron chi connectivity index (χ3n) is 9.72. The topological polar surface area (TPSA) is 46.5 Å². The minimum Gasteiger partial charge on any atom is -0.458 e. The van der Waals surface area contributed by atoms with E-state index >= 15 is 0 Å². The van der Waals surface area contributed by atoms with Gasteiger partial charge < -0.3 is 9.84 Å². The first-order chi connectivity index (χ1) is 12.8. The number of aliphatic hydroxyl groups is 1. The van der Waals surface area contributed by atoms with Gasteiger partial charge in [0.25, 0.3) is 0 Å². The normalized spacial score (nSPS) is 54.1. The SMILES string of the molecule is CSC1CC2=C[C@@H](O)CCC2(C)C2CCC3(C)C(CCC34CCC(=O)O4)C12. The molecule has 0 aromatic heterocycles. The number of ether oxygens (including phenoxy) is 1. The van der Waals surface area contributed by atoms with Crippen LogP contribution in [0.3, 0.4) is 0 Å². The summed E-state index contributed by atoms with van der Waals surface area (Å²) in [6.45, 7) is 4.94. The van der Waals surface area contributed by atoms with E-state index in [2.05, 4.69) is 26.2 Å². The van der Waals surface area contributed by atoms with E-state index in [0.717, 1.165) is 38.0 Å². The number of hydrogen-bond acceptors (Lipinski definition) is 4. The molecule has 1 N–H and O–H groups in total. The largest absolute Gasteiger partial charge is 0.458 e. The van der Waals surface area contributed by atoms with Crippen LogP contribution in [-0.2, 0) is 9.53 Å². The number of rotatable bonds is 1. The third kappa shape index (κ3) is 2.35. The molecule has 27 heavy (non-hydrogen) atoms. The molecule has 5 rings (SSSR count). The molecular weight excluding hydrogens is 356 g/mol. The fraction of sp³-hybridized carbons (Fsp3) is 0.870. The zero-order valence-corrected chi connectivity index (χ0v) is 17.8. The van der Waals surface area contributed by atoms with Crippen LogP contribution in [-0.4, -0.2) is 34.3 Å². The van der Waals surface area contributed by atoms with Crippen molar-refractivity contribution in [3.63, 3.8) is 0 Å². The summed E-state index contributed by atoms with van der Waals surface area (Å²) >= 11 is 2.04. The molecule has 4 heteroatoms. The summed E-state index contributed by atoms with van der Waals surface area (Å²) in [6.07, 6.45) is 13.7. The Kier molecular flexibility index (Phi) is 4.13. The zero-order chi connectivity index (χ0) is 19.0. The van der Waals surface area contributed by atoms with Crippen LogP contribution in [0.25, 0.3) is 0 Å². The number of thioether (sulfide) groups is 1. The van der Waals surface area contributed by atoms with Crippen molar-refractivity contribution in [1.29, 1.82) is 0 Å². The van der Waals surface area contributed by atoms with Gasteiger partial charge in [0, 0.05) is 17.1 Å². The van der Waals surface area contributed by atoms with Gasteiger partial charge in [0.1, 0.15) is 5.60 Å². The second-order valence-electron chi connectivity index (χ2n) is 10.4. The Morgan fingerprint density at radius 2 is 1.89 bits per heavy atom. The van der Waals surface area contributed by atoms with Crippen molar-refractivity contribution in [2.45, 2.75) is 88.6 Å². The number of esters is 1. The van der Waals surface area contributed by atoms with Crippen LogP contribution in [0.1, 0.15) is 71.6 Å². The van der Waals surface area contributed by atoms with Gasteiger partial charge in [-0.05, 0) is 80.8 Å². The van der Waals surface area contributed by atoms with E-state index in [1.807, 2.05) is 11.8 Å². The number of carbonyl (C=O) groups is 1. The Hall–Kier alpha value is -0.480. The van der Waals surface area contributed by atoms with Crippen molar-refractivity contribution in [3.8, 4) is 0 Å². The van der Waals surface area contributed by atoms with Crippen molar-refractivity contribution in [2.24, 2.45) is 28.6 Å². The first kappa shape index (κ1) is 18.5. The molecule has 150 valence electrons. The predicted octanol–water partition coefficient (Wildman–Crippen LogP) is 4.73. The monoisotopic (exact) mass is 390 g/mol. The maximum absolute atomic E-state index is 12.0. The molecule has 0 radical (unpaired) electrons. The molecule has 1 heterocycles. The highest BCUT2D eigenvalue weighted by molar-refractivity contribution is 7.99. The lowest BCUT2D eigenvalue weighted by molar-refractivity contribution is -0.167. The Bertz CT molecular complexity index is 689. The molecule has 7 unspecified atom stereocenters. The molecule has 4 aliphatic carbocycles. The molecule has 5 aliphatic rings. The van der Waals surface area contributed by atoms with Crippen LogP contribution in [0, 0.1) is 28.6 Å². The molecule has 0 aromatic rings. The molecule has 1 spiro atoms. The van der Waals surface area contributed by atoms with Crippen LogP contribution in [0.5, 0.6) is 0 Å².